The Morgan fingerprint density at radius 1 is 0.562 bits per heavy atom. The van der Waals surface area contributed by atoms with E-state index >= 15 is 0 Å². The Labute approximate surface area is 383 Å². The number of carbonyl (C=O) groups excluding carboxylic acids is 4. The zero-order valence-electron chi connectivity index (χ0n) is 35.4. The molecule has 0 radical (unpaired) electrons. The van der Waals surface area contributed by atoms with E-state index in [1.54, 1.807) is 84.8 Å². The first-order chi connectivity index (χ1) is 29.9. The summed E-state index contributed by atoms with van der Waals surface area (Å²) in [5.41, 5.74) is 15.8. The van der Waals surface area contributed by atoms with Crippen LogP contribution in [0.2, 0.25) is 0 Å². The molecule has 2 aromatic heterocycles. The number of carbonyl (C=O) groups is 4. The minimum Gasteiger partial charge on any atom is -0.506 e. The third-order valence-corrected chi connectivity index (χ3v) is 11.6. The van der Waals surface area contributed by atoms with Gasteiger partial charge in [0.15, 0.2) is 0 Å². The number of aromatic hydroxyl groups is 2. The minimum absolute atomic E-state index is 0. The second-order valence-electron chi connectivity index (χ2n) is 15.4. The Bertz CT molecular complexity index is 2390. The monoisotopic (exact) mass is 910 g/mol. The van der Waals surface area contributed by atoms with E-state index in [4.69, 9.17) is 11.5 Å². The summed E-state index contributed by atoms with van der Waals surface area (Å²) in [4.78, 5) is 65.2. The van der Waals surface area contributed by atoms with Crippen molar-refractivity contribution in [3.8, 4) is 34.0 Å². The van der Waals surface area contributed by atoms with Gasteiger partial charge in [-0.1, -0.05) is 48.5 Å². The van der Waals surface area contributed by atoms with E-state index in [1.165, 1.54) is 21.8 Å². The highest BCUT2D eigenvalue weighted by Crippen LogP contribution is 2.31. The van der Waals surface area contributed by atoms with Gasteiger partial charge in [-0.25, -0.2) is 19.6 Å². The fraction of sp³-hybridized carbons (Fsp3) is 0.261. The molecule has 0 bridgehead atoms. The summed E-state index contributed by atoms with van der Waals surface area (Å²) in [7, 11) is 3.60. The molecule has 6 aromatic rings. The van der Waals surface area contributed by atoms with E-state index in [0.29, 0.717) is 22.5 Å². The van der Waals surface area contributed by atoms with Crippen LogP contribution in [0.1, 0.15) is 46.4 Å². The quantitative estimate of drug-likeness (QED) is 0.127. The number of hydrogen-bond acceptors (Lipinski definition) is 10. The topological polar surface area (TPSA) is 209 Å². The van der Waals surface area contributed by atoms with Gasteiger partial charge in [0, 0.05) is 87.0 Å². The maximum absolute atomic E-state index is 13.0. The lowest BCUT2D eigenvalue weighted by molar-refractivity contribution is 0.0992. The van der Waals surface area contributed by atoms with Crippen molar-refractivity contribution in [2.75, 3.05) is 50.1 Å². The standard InChI is InChI=1S/2C23H25N5O3.2ClH/c2*1-26(18-9-11-27(12-10-18)20-7-2-3-8-21(20)29)23(31)28-14-19(25-15-28)16-5-4-6-17(13-16)22(24)30;;/h2*2-8,13-15,18,29H,9-12H2,1H3,(H2,24,30);2*1H. The van der Waals surface area contributed by atoms with E-state index in [0.717, 1.165) is 74.4 Å². The van der Waals surface area contributed by atoms with Crippen LogP contribution in [0.25, 0.3) is 22.5 Å². The molecule has 4 aromatic carbocycles. The molecule has 2 aliphatic heterocycles. The number of imidazole rings is 2. The van der Waals surface area contributed by atoms with Gasteiger partial charge in [-0.15, -0.1) is 24.8 Å². The van der Waals surface area contributed by atoms with Gasteiger partial charge < -0.3 is 41.3 Å². The number of amides is 4. The molecule has 0 spiro atoms. The fourth-order valence-electron chi connectivity index (χ4n) is 7.94. The van der Waals surface area contributed by atoms with E-state index in [1.807, 2.05) is 48.5 Å². The molecule has 64 heavy (non-hydrogen) atoms. The lowest BCUT2D eigenvalue weighted by Gasteiger charge is -2.37. The van der Waals surface area contributed by atoms with Crippen LogP contribution in [0.15, 0.2) is 122 Å². The lowest BCUT2D eigenvalue weighted by Crippen LogP contribution is -2.46. The molecule has 6 N–H and O–H groups in total. The van der Waals surface area contributed by atoms with E-state index in [2.05, 4.69) is 19.8 Å². The SMILES string of the molecule is CN(C(=O)n1cnc(-c2cccc(C(N)=O)c2)c1)C1CCN(c2ccccc2O)CC1.CN(C(=O)n1cnc(-c2cccc(C(N)=O)c2)c1)C1CCN(c2ccccc2O)CC1.Cl.Cl. The van der Waals surface area contributed by atoms with Crippen molar-refractivity contribution in [2.24, 2.45) is 11.5 Å². The zero-order chi connectivity index (χ0) is 43.9. The highest BCUT2D eigenvalue weighted by atomic mass is 35.5. The maximum Gasteiger partial charge on any atom is 0.329 e. The van der Waals surface area contributed by atoms with E-state index in [9.17, 15) is 29.4 Å². The predicted molar refractivity (Wildman–Crippen MR) is 251 cm³/mol. The Hall–Kier alpha value is -7.04. The maximum atomic E-state index is 13.0. The Morgan fingerprint density at radius 2 is 0.922 bits per heavy atom. The number of phenolic OH excluding ortho intramolecular Hbond substituents is 2. The molecule has 0 atom stereocenters. The number of rotatable bonds is 8. The highest BCUT2D eigenvalue weighted by Gasteiger charge is 2.29. The predicted octanol–water partition coefficient (Wildman–Crippen LogP) is 6.69. The molecule has 0 aliphatic carbocycles. The second-order valence-corrected chi connectivity index (χ2v) is 15.4. The number of benzene rings is 4. The summed E-state index contributed by atoms with van der Waals surface area (Å²) < 4.78 is 2.92. The number of hydrogen-bond donors (Lipinski definition) is 4. The molecule has 2 fully saturated rings. The van der Waals surface area contributed by atoms with Crippen LogP contribution in [0, 0.1) is 0 Å². The summed E-state index contributed by atoms with van der Waals surface area (Å²) in [5.74, 6) is -0.465. The van der Waals surface area contributed by atoms with Crippen LogP contribution in [0.3, 0.4) is 0 Å². The average molecular weight is 912 g/mol. The number of anilines is 2. The summed E-state index contributed by atoms with van der Waals surface area (Å²) in [6.07, 6.45) is 9.52. The van der Waals surface area contributed by atoms with Crippen molar-refractivity contribution in [1.82, 2.24) is 28.9 Å². The van der Waals surface area contributed by atoms with Crippen molar-refractivity contribution in [1.29, 1.82) is 0 Å². The van der Waals surface area contributed by atoms with Crippen LogP contribution in [0.5, 0.6) is 11.5 Å². The first-order valence-electron chi connectivity index (χ1n) is 20.4. The largest absolute Gasteiger partial charge is 0.506 e. The third-order valence-electron chi connectivity index (χ3n) is 11.6. The van der Waals surface area contributed by atoms with Gasteiger partial charge in [0.2, 0.25) is 11.8 Å². The van der Waals surface area contributed by atoms with Crippen LogP contribution >= 0.6 is 24.8 Å². The van der Waals surface area contributed by atoms with Crippen molar-refractivity contribution < 1.29 is 29.4 Å². The van der Waals surface area contributed by atoms with Gasteiger partial charge in [-0.05, 0) is 74.2 Å². The molecule has 4 heterocycles. The van der Waals surface area contributed by atoms with Crippen LogP contribution in [0.4, 0.5) is 21.0 Å². The van der Waals surface area contributed by atoms with Gasteiger partial charge in [0.05, 0.1) is 22.8 Å². The van der Waals surface area contributed by atoms with Crippen molar-refractivity contribution >= 4 is 60.1 Å². The average Bonchev–Trinajstić information content (AvgIpc) is 4.01. The van der Waals surface area contributed by atoms with E-state index < -0.39 is 11.8 Å². The molecule has 2 aliphatic rings. The lowest BCUT2D eigenvalue weighted by atomic mass is 10.0. The number of phenols is 2. The second kappa shape index (κ2) is 21.4. The molecule has 0 saturated carbocycles. The van der Waals surface area contributed by atoms with Gasteiger partial charge in [-0.3, -0.25) is 18.7 Å². The van der Waals surface area contributed by atoms with Gasteiger partial charge in [0.25, 0.3) is 0 Å². The number of halogens is 2. The van der Waals surface area contributed by atoms with Gasteiger partial charge in [0.1, 0.15) is 24.2 Å². The number of nitrogens with zero attached hydrogens (tertiary/aromatic N) is 8. The Kier molecular flexibility index (Phi) is 16.0. The Balaban J connectivity index is 0.000000234. The first-order valence-corrected chi connectivity index (χ1v) is 20.4. The number of aromatic nitrogens is 4. The number of primary amides is 2. The van der Waals surface area contributed by atoms with Crippen molar-refractivity contribution in [3.63, 3.8) is 0 Å². The zero-order valence-corrected chi connectivity index (χ0v) is 37.1. The van der Waals surface area contributed by atoms with Gasteiger partial charge in [-0.2, -0.15) is 0 Å². The fourth-order valence-corrected chi connectivity index (χ4v) is 7.94. The van der Waals surface area contributed by atoms with Crippen LogP contribution in [-0.2, 0) is 0 Å². The highest BCUT2D eigenvalue weighted by molar-refractivity contribution is 5.94. The molecule has 8 rings (SSSR count). The third kappa shape index (κ3) is 10.9. The molecule has 18 heteroatoms. The molecule has 4 amide bonds. The van der Waals surface area contributed by atoms with Crippen molar-refractivity contribution in [3.05, 3.63) is 133 Å². The summed E-state index contributed by atoms with van der Waals surface area (Å²) in [5, 5.41) is 20.2. The summed E-state index contributed by atoms with van der Waals surface area (Å²) >= 11 is 0. The molecule has 0 unspecified atom stereocenters. The smallest absolute Gasteiger partial charge is 0.329 e. The molecule has 16 nitrogen and oxygen atoms in total. The molecular weight excluding hydrogens is 859 g/mol. The first kappa shape index (κ1) is 48.0. The van der Waals surface area contributed by atoms with Crippen molar-refractivity contribution in [2.45, 2.75) is 37.8 Å². The molecular formula is C46H52Cl2N10O6. The molecule has 2 saturated heterocycles. The number of para-hydroxylation sites is 4. The number of piperidine rings is 2. The van der Waals surface area contributed by atoms with Crippen LogP contribution < -0.4 is 21.3 Å². The Morgan fingerprint density at radius 3 is 1.27 bits per heavy atom. The van der Waals surface area contributed by atoms with Gasteiger partial charge >= 0.3 is 12.1 Å². The van der Waals surface area contributed by atoms with Crippen LogP contribution in [-0.4, -0.2) is 115 Å². The van der Waals surface area contributed by atoms with E-state index in [-0.39, 0.29) is 60.5 Å². The minimum atomic E-state index is -0.507. The summed E-state index contributed by atoms with van der Waals surface area (Å²) in [6, 6.07) is 28.2. The number of nitrogens with two attached hydrogens (primary N) is 2. The summed E-state index contributed by atoms with van der Waals surface area (Å²) in [6.45, 7) is 3.04. The normalized spacial score (nSPS) is 14.0. The molecule has 336 valence electrons.